The van der Waals surface area contributed by atoms with Crippen LogP contribution in [-0.4, -0.2) is 16.8 Å². The van der Waals surface area contributed by atoms with Gasteiger partial charge in [-0.05, 0) is 37.2 Å². The lowest BCUT2D eigenvalue weighted by atomic mass is 10.1. The highest BCUT2D eigenvalue weighted by molar-refractivity contribution is 5.43. The van der Waals surface area contributed by atoms with Gasteiger partial charge in [-0.3, -0.25) is 0 Å². The Kier molecular flexibility index (Phi) is 3.61. The van der Waals surface area contributed by atoms with Gasteiger partial charge in [0.05, 0.1) is 5.69 Å². The number of hydrogen-bond donors (Lipinski definition) is 1. The van der Waals surface area contributed by atoms with Gasteiger partial charge in [0, 0.05) is 12.7 Å². The van der Waals surface area contributed by atoms with Gasteiger partial charge in [0.15, 0.2) is 5.69 Å². The molecule has 6 heteroatoms. The number of alkyl halides is 3. The quantitative estimate of drug-likeness (QED) is 0.928. The van der Waals surface area contributed by atoms with Crippen molar-refractivity contribution >= 4 is 0 Å². The lowest BCUT2D eigenvalue weighted by Crippen LogP contribution is -2.09. The van der Waals surface area contributed by atoms with Crippen LogP contribution < -0.4 is 5.32 Å². The van der Waals surface area contributed by atoms with E-state index in [9.17, 15) is 13.2 Å². The maximum atomic E-state index is 12.5. The summed E-state index contributed by atoms with van der Waals surface area (Å²) in [4.78, 5) is 0. The van der Waals surface area contributed by atoms with Gasteiger partial charge in [0.1, 0.15) is 0 Å². The van der Waals surface area contributed by atoms with Crippen LogP contribution in [0.15, 0.2) is 30.5 Å². The number of rotatable bonds is 3. The smallest absolute Gasteiger partial charge is 0.316 e. The molecule has 0 amide bonds. The molecule has 19 heavy (non-hydrogen) atoms. The molecule has 0 spiro atoms. The van der Waals surface area contributed by atoms with E-state index < -0.39 is 11.9 Å². The summed E-state index contributed by atoms with van der Waals surface area (Å²) in [5.41, 5.74) is 1.64. The summed E-state index contributed by atoms with van der Waals surface area (Å²) in [6, 6.07) is 6.61. The zero-order chi connectivity index (χ0) is 14.0. The molecule has 0 aliphatic carbocycles. The van der Waals surface area contributed by atoms with E-state index in [-0.39, 0.29) is 0 Å². The second-order valence-electron chi connectivity index (χ2n) is 4.29. The number of hydrogen-bond acceptors (Lipinski definition) is 2. The summed E-state index contributed by atoms with van der Waals surface area (Å²) < 4.78 is 38.9. The van der Waals surface area contributed by atoms with E-state index in [4.69, 9.17) is 0 Å². The summed E-state index contributed by atoms with van der Waals surface area (Å²) in [5.74, 6) is 0. The van der Waals surface area contributed by atoms with E-state index in [1.165, 1.54) is 10.9 Å². The molecule has 2 aromatic rings. The second kappa shape index (κ2) is 5.05. The molecule has 0 radical (unpaired) electrons. The maximum Gasteiger partial charge on any atom is 0.435 e. The van der Waals surface area contributed by atoms with Crippen molar-refractivity contribution in [3.63, 3.8) is 0 Å². The van der Waals surface area contributed by atoms with Crippen molar-refractivity contribution in [3.05, 3.63) is 47.3 Å². The van der Waals surface area contributed by atoms with Crippen LogP contribution in [0.25, 0.3) is 5.69 Å². The van der Waals surface area contributed by atoms with Crippen LogP contribution in [0.3, 0.4) is 0 Å². The van der Waals surface area contributed by atoms with Crippen LogP contribution in [0.2, 0.25) is 0 Å². The molecule has 3 nitrogen and oxygen atoms in total. The lowest BCUT2D eigenvalue weighted by molar-refractivity contribution is -0.141. The SMILES string of the molecule is CNCc1ccc(C)c(-n2ccc(C(F)(F)F)n2)c1. The molecule has 1 aromatic heterocycles. The zero-order valence-electron chi connectivity index (χ0n) is 10.6. The summed E-state index contributed by atoms with van der Waals surface area (Å²) >= 11 is 0. The van der Waals surface area contributed by atoms with Gasteiger partial charge in [-0.25, -0.2) is 4.68 Å². The average molecular weight is 269 g/mol. The van der Waals surface area contributed by atoms with Gasteiger partial charge in [-0.15, -0.1) is 0 Å². The second-order valence-corrected chi connectivity index (χ2v) is 4.29. The third-order valence-electron chi connectivity index (χ3n) is 2.78. The first-order valence-corrected chi connectivity index (χ1v) is 5.79. The number of aromatic nitrogens is 2. The highest BCUT2D eigenvalue weighted by Gasteiger charge is 2.33. The van der Waals surface area contributed by atoms with Gasteiger partial charge in [0.25, 0.3) is 0 Å². The molecule has 2 rings (SSSR count). The Morgan fingerprint density at radius 3 is 2.58 bits per heavy atom. The molecular weight excluding hydrogens is 255 g/mol. The zero-order valence-corrected chi connectivity index (χ0v) is 10.6. The third-order valence-corrected chi connectivity index (χ3v) is 2.78. The topological polar surface area (TPSA) is 29.9 Å². The molecule has 0 unspecified atom stereocenters. The molecule has 0 aliphatic heterocycles. The normalized spacial score (nSPS) is 11.8. The van der Waals surface area contributed by atoms with Crippen molar-refractivity contribution in [3.8, 4) is 5.69 Å². The van der Waals surface area contributed by atoms with E-state index in [1.54, 1.807) is 0 Å². The Morgan fingerprint density at radius 2 is 2.00 bits per heavy atom. The van der Waals surface area contributed by atoms with Crippen LogP contribution in [0.1, 0.15) is 16.8 Å². The minimum Gasteiger partial charge on any atom is -0.316 e. The number of nitrogens with one attached hydrogen (secondary N) is 1. The van der Waals surface area contributed by atoms with Crippen LogP contribution in [0, 0.1) is 6.92 Å². The summed E-state index contributed by atoms with van der Waals surface area (Å²) in [5, 5.41) is 6.59. The fraction of sp³-hybridized carbons (Fsp3) is 0.308. The molecule has 1 N–H and O–H groups in total. The Morgan fingerprint density at radius 1 is 1.26 bits per heavy atom. The van der Waals surface area contributed by atoms with Crippen molar-refractivity contribution in [2.75, 3.05) is 7.05 Å². The molecule has 0 saturated heterocycles. The third kappa shape index (κ3) is 2.96. The van der Waals surface area contributed by atoms with Crippen LogP contribution >= 0.6 is 0 Å². The van der Waals surface area contributed by atoms with Gasteiger partial charge in [-0.2, -0.15) is 18.3 Å². The largest absolute Gasteiger partial charge is 0.435 e. The lowest BCUT2D eigenvalue weighted by Gasteiger charge is -2.09. The van der Waals surface area contributed by atoms with Crippen molar-refractivity contribution in [2.45, 2.75) is 19.6 Å². The predicted molar refractivity (Wildman–Crippen MR) is 66.1 cm³/mol. The fourth-order valence-electron chi connectivity index (χ4n) is 1.83. The van der Waals surface area contributed by atoms with Gasteiger partial charge in [0.2, 0.25) is 0 Å². The molecule has 0 bridgehead atoms. The molecule has 1 heterocycles. The van der Waals surface area contributed by atoms with E-state index in [2.05, 4.69) is 10.4 Å². The van der Waals surface area contributed by atoms with E-state index in [0.29, 0.717) is 12.2 Å². The first-order chi connectivity index (χ1) is 8.91. The maximum absolute atomic E-state index is 12.5. The number of nitrogens with zero attached hydrogens (tertiary/aromatic N) is 2. The molecule has 1 aromatic carbocycles. The van der Waals surface area contributed by atoms with Gasteiger partial charge in [-0.1, -0.05) is 12.1 Å². The summed E-state index contributed by atoms with van der Waals surface area (Å²) in [7, 11) is 1.81. The average Bonchev–Trinajstić information content (AvgIpc) is 2.81. The van der Waals surface area contributed by atoms with Crippen LogP contribution in [-0.2, 0) is 12.7 Å². The van der Waals surface area contributed by atoms with Crippen molar-refractivity contribution in [1.29, 1.82) is 0 Å². The monoisotopic (exact) mass is 269 g/mol. The molecule has 0 atom stereocenters. The Balaban J connectivity index is 2.41. The standard InChI is InChI=1S/C13H14F3N3/c1-9-3-4-10(8-17-2)7-11(9)19-6-5-12(18-19)13(14,15)16/h3-7,17H,8H2,1-2H3. The van der Waals surface area contributed by atoms with Crippen LogP contribution in [0.4, 0.5) is 13.2 Å². The van der Waals surface area contributed by atoms with E-state index in [1.807, 2.05) is 32.2 Å². The molecule has 102 valence electrons. The van der Waals surface area contributed by atoms with Crippen molar-refractivity contribution < 1.29 is 13.2 Å². The molecule has 0 aliphatic rings. The highest BCUT2D eigenvalue weighted by atomic mass is 19.4. The first-order valence-electron chi connectivity index (χ1n) is 5.79. The highest BCUT2D eigenvalue weighted by Crippen LogP contribution is 2.28. The summed E-state index contributed by atoms with van der Waals surface area (Å²) in [6.07, 6.45) is -3.09. The predicted octanol–water partition coefficient (Wildman–Crippen LogP) is 2.92. The van der Waals surface area contributed by atoms with Gasteiger partial charge >= 0.3 is 6.18 Å². The number of benzene rings is 1. The summed E-state index contributed by atoms with van der Waals surface area (Å²) in [6.45, 7) is 2.49. The Labute approximate surface area is 109 Å². The number of halogens is 3. The minimum atomic E-state index is -4.41. The minimum absolute atomic E-state index is 0.653. The fourth-order valence-corrected chi connectivity index (χ4v) is 1.83. The first kappa shape index (κ1) is 13.6. The van der Waals surface area contributed by atoms with Crippen molar-refractivity contribution in [2.24, 2.45) is 0 Å². The van der Waals surface area contributed by atoms with Gasteiger partial charge < -0.3 is 5.32 Å². The Hall–Kier alpha value is -1.82. The molecule has 0 saturated carbocycles. The van der Waals surface area contributed by atoms with E-state index in [0.717, 1.165) is 17.2 Å². The number of aryl methyl sites for hydroxylation is 1. The molecular formula is C13H14F3N3. The molecule has 0 fully saturated rings. The Bertz CT molecular complexity index is 573. The van der Waals surface area contributed by atoms with Crippen molar-refractivity contribution in [1.82, 2.24) is 15.1 Å². The van der Waals surface area contributed by atoms with Crippen LogP contribution in [0.5, 0.6) is 0 Å². The van der Waals surface area contributed by atoms with E-state index >= 15 is 0 Å².